The fourth-order valence-electron chi connectivity index (χ4n) is 3.87. The van der Waals surface area contributed by atoms with Gasteiger partial charge in [0.05, 0.1) is 6.42 Å². The number of carbonyl (C=O) groups is 2. The van der Waals surface area contributed by atoms with Crippen molar-refractivity contribution in [3.05, 3.63) is 81.5 Å². The third kappa shape index (κ3) is 5.14. The highest BCUT2D eigenvalue weighted by Crippen LogP contribution is 2.25. The lowest BCUT2D eigenvalue weighted by atomic mass is 10.0. The SMILES string of the molecule is Cc1ccc(C)c(CN2CCCN(c3cccc(NC(=O)Cc4cccs4)c3)C2=O)c1. The van der Waals surface area contributed by atoms with E-state index in [4.69, 9.17) is 0 Å². The Bertz CT molecular complexity index is 1080. The molecule has 1 fully saturated rings. The quantitative estimate of drug-likeness (QED) is 0.568. The van der Waals surface area contributed by atoms with Gasteiger partial charge in [0.25, 0.3) is 0 Å². The molecule has 3 amide bonds. The summed E-state index contributed by atoms with van der Waals surface area (Å²) in [5.74, 6) is -0.0545. The fraction of sp³-hybridized carbons (Fsp3) is 0.280. The molecule has 2 heterocycles. The Balaban J connectivity index is 1.46. The van der Waals surface area contributed by atoms with Crippen LogP contribution in [0.1, 0.15) is 28.0 Å². The van der Waals surface area contributed by atoms with E-state index in [1.165, 1.54) is 16.7 Å². The highest BCUT2D eigenvalue weighted by molar-refractivity contribution is 7.10. The van der Waals surface area contributed by atoms with E-state index in [2.05, 4.69) is 37.4 Å². The summed E-state index contributed by atoms with van der Waals surface area (Å²) in [4.78, 5) is 30.3. The van der Waals surface area contributed by atoms with Crippen LogP contribution >= 0.6 is 11.3 Å². The Kier molecular flexibility index (Phi) is 6.37. The highest BCUT2D eigenvalue weighted by atomic mass is 32.1. The molecule has 160 valence electrons. The molecule has 0 saturated carbocycles. The van der Waals surface area contributed by atoms with Crippen LogP contribution in [0.5, 0.6) is 0 Å². The molecule has 2 aromatic carbocycles. The van der Waals surface area contributed by atoms with Crippen LogP contribution < -0.4 is 10.2 Å². The number of amides is 3. The van der Waals surface area contributed by atoms with Gasteiger partial charge in [-0.2, -0.15) is 0 Å². The van der Waals surface area contributed by atoms with Gasteiger partial charge in [-0.25, -0.2) is 4.79 Å². The third-order valence-corrected chi connectivity index (χ3v) is 6.41. The van der Waals surface area contributed by atoms with E-state index in [0.29, 0.717) is 25.2 Å². The van der Waals surface area contributed by atoms with E-state index in [0.717, 1.165) is 23.5 Å². The van der Waals surface area contributed by atoms with Crippen molar-refractivity contribution in [2.24, 2.45) is 0 Å². The second-order valence-corrected chi connectivity index (χ2v) is 9.03. The Morgan fingerprint density at radius 2 is 1.94 bits per heavy atom. The largest absolute Gasteiger partial charge is 0.326 e. The van der Waals surface area contributed by atoms with Crippen molar-refractivity contribution < 1.29 is 9.59 Å². The van der Waals surface area contributed by atoms with E-state index < -0.39 is 0 Å². The predicted molar refractivity (Wildman–Crippen MR) is 127 cm³/mol. The monoisotopic (exact) mass is 433 g/mol. The number of anilines is 2. The minimum Gasteiger partial charge on any atom is -0.326 e. The van der Waals surface area contributed by atoms with E-state index >= 15 is 0 Å². The maximum absolute atomic E-state index is 13.2. The van der Waals surface area contributed by atoms with Crippen LogP contribution in [0, 0.1) is 13.8 Å². The van der Waals surface area contributed by atoms with Crippen molar-refractivity contribution in [2.75, 3.05) is 23.3 Å². The number of nitrogens with zero attached hydrogens (tertiary/aromatic N) is 2. The Labute approximate surface area is 187 Å². The van der Waals surface area contributed by atoms with Gasteiger partial charge in [0.15, 0.2) is 0 Å². The van der Waals surface area contributed by atoms with E-state index in [-0.39, 0.29) is 11.9 Å². The second-order valence-electron chi connectivity index (χ2n) is 7.99. The lowest BCUT2D eigenvalue weighted by Crippen LogP contribution is -2.49. The molecule has 1 aliphatic heterocycles. The molecule has 31 heavy (non-hydrogen) atoms. The zero-order chi connectivity index (χ0) is 21.8. The van der Waals surface area contributed by atoms with Crippen molar-refractivity contribution in [2.45, 2.75) is 33.2 Å². The number of hydrogen-bond acceptors (Lipinski definition) is 3. The summed E-state index contributed by atoms with van der Waals surface area (Å²) < 4.78 is 0. The van der Waals surface area contributed by atoms with Gasteiger partial charge < -0.3 is 10.2 Å². The van der Waals surface area contributed by atoms with Crippen LogP contribution in [-0.2, 0) is 17.8 Å². The molecule has 3 aromatic rings. The standard InChI is InChI=1S/C25H27N3O2S/c1-18-9-10-19(2)20(14-18)17-27-11-5-12-28(25(27)30)22-7-3-6-21(15-22)26-24(29)16-23-8-4-13-31-23/h3-4,6-10,13-15H,5,11-12,16-17H2,1-2H3,(H,26,29). The molecule has 1 saturated heterocycles. The normalized spacial score (nSPS) is 14.1. The molecule has 1 aliphatic rings. The summed E-state index contributed by atoms with van der Waals surface area (Å²) in [6.45, 7) is 6.20. The van der Waals surface area contributed by atoms with Gasteiger partial charge in [-0.05, 0) is 61.0 Å². The van der Waals surface area contributed by atoms with Crippen molar-refractivity contribution in [1.29, 1.82) is 0 Å². The molecule has 6 heteroatoms. The predicted octanol–water partition coefficient (Wildman–Crippen LogP) is 5.38. The van der Waals surface area contributed by atoms with Crippen molar-refractivity contribution in [3.8, 4) is 0 Å². The molecular weight excluding hydrogens is 406 g/mol. The number of aryl methyl sites for hydroxylation is 2. The maximum atomic E-state index is 13.2. The molecule has 0 bridgehead atoms. The molecule has 0 spiro atoms. The van der Waals surface area contributed by atoms with Crippen LogP contribution in [0.15, 0.2) is 60.0 Å². The van der Waals surface area contributed by atoms with Gasteiger partial charge in [-0.1, -0.05) is 35.9 Å². The highest BCUT2D eigenvalue weighted by Gasteiger charge is 2.27. The maximum Gasteiger partial charge on any atom is 0.324 e. The first kappa shape index (κ1) is 21.1. The smallest absolute Gasteiger partial charge is 0.324 e. The minimum absolute atomic E-state index is 0.00854. The first-order chi connectivity index (χ1) is 15.0. The average Bonchev–Trinajstić information content (AvgIpc) is 3.25. The number of hydrogen-bond donors (Lipinski definition) is 1. The molecule has 5 nitrogen and oxygen atoms in total. The molecule has 0 unspecified atom stereocenters. The summed E-state index contributed by atoms with van der Waals surface area (Å²) in [6, 6.07) is 17.8. The van der Waals surface area contributed by atoms with Gasteiger partial charge in [0.1, 0.15) is 0 Å². The summed E-state index contributed by atoms with van der Waals surface area (Å²) in [5.41, 5.74) is 5.10. The third-order valence-electron chi connectivity index (χ3n) is 5.53. The van der Waals surface area contributed by atoms with E-state index in [1.54, 1.807) is 11.3 Å². The molecule has 0 aliphatic carbocycles. The number of benzene rings is 2. The molecule has 0 atom stereocenters. The first-order valence-corrected chi connectivity index (χ1v) is 11.4. The Morgan fingerprint density at radius 3 is 2.74 bits per heavy atom. The number of nitrogens with one attached hydrogen (secondary N) is 1. The van der Waals surface area contributed by atoms with E-state index in [9.17, 15) is 9.59 Å². The number of thiophene rings is 1. The lowest BCUT2D eigenvalue weighted by molar-refractivity contribution is -0.115. The van der Waals surface area contributed by atoms with Gasteiger partial charge in [-0.15, -0.1) is 11.3 Å². The Hall–Kier alpha value is -3.12. The zero-order valence-electron chi connectivity index (χ0n) is 17.9. The topological polar surface area (TPSA) is 52.6 Å². The lowest BCUT2D eigenvalue weighted by Gasteiger charge is -2.36. The molecule has 1 aromatic heterocycles. The number of urea groups is 1. The number of rotatable bonds is 6. The van der Waals surface area contributed by atoms with Crippen LogP contribution in [0.3, 0.4) is 0 Å². The summed E-state index contributed by atoms with van der Waals surface area (Å²) in [7, 11) is 0. The fourth-order valence-corrected chi connectivity index (χ4v) is 4.58. The number of carbonyl (C=O) groups excluding carboxylic acids is 2. The summed E-state index contributed by atoms with van der Waals surface area (Å²) >= 11 is 1.57. The van der Waals surface area contributed by atoms with Gasteiger partial charge in [0.2, 0.25) is 5.91 Å². The summed E-state index contributed by atoms with van der Waals surface area (Å²) in [5, 5.41) is 4.92. The second kappa shape index (κ2) is 9.35. The van der Waals surface area contributed by atoms with Crippen LogP contribution in [-0.4, -0.2) is 29.9 Å². The van der Waals surface area contributed by atoms with Crippen molar-refractivity contribution >= 4 is 34.6 Å². The first-order valence-electron chi connectivity index (χ1n) is 10.5. The summed E-state index contributed by atoms with van der Waals surface area (Å²) in [6.07, 6.45) is 1.26. The van der Waals surface area contributed by atoms with Gasteiger partial charge in [-0.3, -0.25) is 9.69 Å². The van der Waals surface area contributed by atoms with E-state index in [1.807, 2.05) is 51.6 Å². The van der Waals surface area contributed by atoms with Gasteiger partial charge >= 0.3 is 6.03 Å². The average molecular weight is 434 g/mol. The van der Waals surface area contributed by atoms with Gasteiger partial charge in [0, 0.05) is 35.9 Å². The zero-order valence-corrected chi connectivity index (χ0v) is 18.7. The Morgan fingerprint density at radius 1 is 1.06 bits per heavy atom. The van der Waals surface area contributed by atoms with Crippen LogP contribution in [0.2, 0.25) is 0 Å². The van der Waals surface area contributed by atoms with Crippen LogP contribution in [0.25, 0.3) is 0 Å². The van der Waals surface area contributed by atoms with Crippen LogP contribution in [0.4, 0.5) is 16.2 Å². The molecular formula is C25H27N3O2S. The molecule has 0 radical (unpaired) electrons. The van der Waals surface area contributed by atoms with Crippen molar-refractivity contribution in [3.63, 3.8) is 0 Å². The molecule has 1 N–H and O–H groups in total. The molecule has 4 rings (SSSR count). The minimum atomic E-state index is -0.0545. The van der Waals surface area contributed by atoms with Crippen molar-refractivity contribution in [1.82, 2.24) is 4.90 Å².